The van der Waals surface area contributed by atoms with Gasteiger partial charge in [-0.2, -0.15) is 0 Å². The van der Waals surface area contributed by atoms with Crippen LogP contribution in [0.2, 0.25) is 0 Å². The minimum absolute atomic E-state index is 0.353. The van der Waals surface area contributed by atoms with Crippen LogP contribution in [0.4, 0.5) is 0 Å². The Balaban J connectivity index is 2.65. The molecule has 0 aromatic carbocycles. The van der Waals surface area contributed by atoms with E-state index in [1.54, 1.807) is 13.0 Å². The molecule has 0 bridgehead atoms. The Morgan fingerprint density at radius 1 is 1.62 bits per heavy atom. The van der Waals surface area contributed by atoms with Gasteiger partial charge in [0.05, 0.1) is 12.3 Å². The van der Waals surface area contributed by atoms with Gasteiger partial charge >= 0.3 is 5.97 Å². The quantitative estimate of drug-likeness (QED) is 0.796. The monoisotopic (exact) mass is 282 g/mol. The first-order valence-corrected chi connectivity index (χ1v) is 5.73. The van der Waals surface area contributed by atoms with Gasteiger partial charge in [0.2, 0.25) is 0 Å². The van der Waals surface area contributed by atoms with Crippen LogP contribution in [-0.2, 0) is 4.74 Å². The summed E-state index contributed by atoms with van der Waals surface area (Å²) in [5.74, 6) is -0.356. The number of imidazole rings is 1. The average molecular weight is 283 g/mol. The summed E-state index contributed by atoms with van der Waals surface area (Å²) in [5, 5.41) is 0. The Labute approximate surface area is 101 Å². The van der Waals surface area contributed by atoms with Crippen LogP contribution in [0.5, 0.6) is 0 Å². The summed E-state index contributed by atoms with van der Waals surface area (Å²) in [7, 11) is 0. The van der Waals surface area contributed by atoms with Crippen LogP contribution in [0.15, 0.2) is 22.9 Å². The number of halogens is 1. The number of ether oxygens (including phenoxy) is 1. The minimum Gasteiger partial charge on any atom is -0.462 e. The molecule has 0 aliphatic carbocycles. The highest BCUT2D eigenvalue weighted by Crippen LogP contribution is 2.22. The maximum absolute atomic E-state index is 11.8. The molecule has 0 atom stereocenters. The molecule has 16 heavy (non-hydrogen) atoms. The molecule has 0 fully saturated rings. The van der Waals surface area contributed by atoms with E-state index in [2.05, 4.69) is 20.9 Å². The summed E-state index contributed by atoms with van der Waals surface area (Å²) in [6, 6.07) is 1.81. The van der Waals surface area contributed by atoms with Crippen LogP contribution in [0.3, 0.4) is 0 Å². The standard InChI is InChI=1S/C11H11BrN2O2/c1-3-16-11(15)9-8(12)4-5-14-6-7(2)13-10(9)14/h4-6H,3H2,1-2H3. The van der Waals surface area contributed by atoms with Gasteiger partial charge in [0.1, 0.15) is 5.56 Å². The number of carbonyl (C=O) groups is 1. The highest BCUT2D eigenvalue weighted by Gasteiger charge is 2.17. The zero-order valence-corrected chi connectivity index (χ0v) is 10.6. The number of esters is 1. The van der Waals surface area contributed by atoms with Crippen LogP contribution in [0, 0.1) is 6.92 Å². The second-order valence-electron chi connectivity index (χ2n) is 3.37. The third-order valence-corrected chi connectivity index (χ3v) is 2.84. The van der Waals surface area contributed by atoms with Gasteiger partial charge in [0.25, 0.3) is 0 Å². The van der Waals surface area contributed by atoms with Gasteiger partial charge in [-0.25, -0.2) is 9.78 Å². The SMILES string of the molecule is CCOC(=O)c1c(Br)ccn2cc(C)nc12. The van der Waals surface area contributed by atoms with Crippen molar-refractivity contribution in [3.8, 4) is 0 Å². The number of nitrogens with zero attached hydrogens (tertiary/aromatic N) is 2. The number of carbonyl (C=O) groups excluding carboxylic acids is 1. The summed E-state index contributed by atoms with van der Waals surface area (Å²) in [4.78, 5) is 16.1. The molecule has 0 amide bonds. The Morgan fingerprint density at radius 2 is 2.38 bits per heavy atom. The average Bonchev–Trinajstić information content (AvgIpc) is 2.58. The highest BCUT2D eigenvalue weighted by molar-refractivity contribution is 9.10. The Kier molecular flexibility index (Phi) is 2.96. The van der Waals surface area contributed by atoms with E-state index in [4.69, 9.17) is 4.74 Å². The predicted molar refractivity (Wildman–Crippen MR) is 63.6 cm³/mol. The maximum atomic E-state index is 11.8. The van der Waals surface area contributed by atoms with Gasteiger partial charge in [-0.3, -0.25) is 0 Å². The van der Waals surface area contributed by atoms with Crippen molar-refractivity contribution in [1.29, 1.82) is 0 Å². The molecule has 0 aliphatic heterocycles. The number of aryl methyl sites for hydroxylation is 1. The van der Waals surface area contributed by atoms with Crippen molar-refractivity contribution in [2.75, 3.05) is 6.61 Å². The lowest BCUT2D eigenvalue weighted by molar-refractivity contribution is 0.0527. The molecule has 0 N–H and O–H groups in total. The van der Waals surface area contributed by atoms with Crippen molar-refractivity contribution in [3.63, 3.8) is 0 Å². The largest absolute Gasteiger partial charge is 0.462 e. The van der Waals surface area contributed by atoms with E-state index < -0.39 is 0 Å². The first-order valence-electron chi connectivity index (χ1n) is 4.94. The van der Waals surface area contributed by atoms with E-state index in [9.17, 15) is 4.79 Å². The van der Waals surface area contributed by atoms with Crippen molar-refractivity contribution in [3.05, 3.63) is 34.2 Å². The summed E-state index contributed by atoms with van der Waals surface area (Å²) in [6.45, 7) is 4.02. The molecule has 0 aliphatic rings. The highest BCUT2D eigenvalue weighted by atomic mass is 79.9. The maximum Gasteiger partial charge on any atom is 0.343 e. The third kappa shape index (κ3) is 1.82. The molecule has 84 valence electrons. The van der Waals surface area contributed by atoms with Gasteiger partial charge in [0.15, 0.2) is 5.65 Å². The van der Waals surface area contributed by atoms with Crippen LogP contribution >= 0.6 is 15.9 Å². The van der Waals surface area contributed by atoms with Gasteiger partial charge in [0, 0.05) is 16.9 Å². The van der Waals surface area contributed by atoms with Crippen molar-refractivity contribution < 1.29 is 9.53 Å². The molecular formula is C11H11BrN2O2. The molecule has 4 nitrogen and oxygen atoms in total. The molecule has 0 saturated heterocycles. The lowest BCUT2D eigenvalue weighted by atomic mass is 10.3. The third-order valence-electron chi connectivity index (χ3n) is 2.18. The number of hydrogen-bond donors (Lipinski definition) is 0. The zero-order valence-electron chi connectivity index (χ0n) is 9.03. The number of pyridine rings is 1. The predicted octanol–water partition coefficient (Wildman–Crippen LogP) is 2.58. The van der Waals surface area contributed by atoms with E-state index in [1.807, 2.05) is 23.7 Å². The second-order valence-corrected chi connectivity index (χ2v) is 4.23. The fraction of sp³-hybridized carbons (Fsp3) is 0.273. The molecule has 0 unspecified atom stereocenters. The fourth-order valence-corrected chi connectivity index (χ4v) is 2.00. The fourth-order valence-electron chi connectivity index (χ4n) is 1.54. The Bertz CT molecular complexity index is 548. The van der Waals surface area contributed by atoms with E-state index in [-0.39, 0.29) is 5.97 Å². The van der Waals surface area contributed by atoms with Gasteiger partial charge in [-0.15, -0.1) is 0 Å². The van der Waals surface area contributed by atoms with Crippen molar-refractivity contribution in [1.82, 2.24) is 9.38 Å². The molecule has 0 radical (unpaired) electrons. The van der Waals surface area contributed by atoms with Crippen LogP contribution in [0.25, 0.3) is 5.65 Å². The molecule has 2 aromatic rings. The zero-order chi connectivity index (χ0) is 11.7. The summed E-state index contributed by atoms with van der Waals surface area (Å²) < 4.78 is 7.51. The topological polar surface area (TPSA) is 43.6 Å². The lowest BCUT2D eigenvalue weighted by Gasteiger charge is -2.05. The molecule has 2 heterocycles. The second kappa shape index (κ2) is 4.25. The Hall–Kier alpha value is -1.36. The summed E-state index contributed by atoms with van der Waals surface area (Å²) in [5.41, 5.74) is 1.95. The first kappa shape index (κ1) is 11.1. The van der Waals surface area contributed by atoms with Gasteiger partial charge in [-0.05, 0) is 35.8 Å². The van der Waals surface area contributed by atoms with E-state index in [0.29, 0.717) is 22.3 Å². The number of rotatable bonds is 2. The first-order chi connectivity index (χ1) is 7.63. The minimum atomic E-state index is -0.356. The molecule has 2 aromatic heterocycles. The molecule has 0 saturated carbocycles. The molecular weight excluding hydrogens is 272 g/mol. The number of fused-ring (bicyclic) bond motifs is 1. The number of hydrogen-bond acceptors (Lipinski definition) is 3. The molecule has 5 heteroatoms. The normalized spacial score (nSPS) is 10.7. The Morgan fingerprint density at radius 3 is 3.06 bits per heavy atom. The van der Waals surface area contributed by atoms with Gasteiger partial charge < -0.3 is 9.14 Å². The van der Waals surface area contributed by atoms with E-state index in [1.165, 1.54) is 0 Å². The van der Waals surface area contributed by atoms with Crippen LogP contribution in [-0.4, -0.2) is 22.0 Å². The smallest absolute Gasteiger partial charge is 0.343 e. The lowest BCUT2D eigenvalue weighted by Crippen LogP contribution is -2.08. The van der Waals surface area contributed by atoms with Crippen LogP contribution in [0.1, 0.15) is 23.0 Å². The molecule has 0 spiro atoms. The van der Waals surface area contributed by atoms with Crippen LogP contribution < -0.4 is 0 Å². The molecule has 2 rings (SSSR count). The van der Waals surface area contributed by atoms with Crippen molar-refractivity contribution in [2.24, 2.45) is 0 Å². The van der Waals surface area contributed by atoms with E-state index in [0.717, 1.165) is 5.69 Å². The van der Waals surface area contributed by atoms with E-state index >= 15 is 0 Å². The van der Waals surface area contributed by atoms with Crippen molar-refractivity contribution >= 4 is 27.5 Å². The van der Waals surface area contributed by atoms with Gasteiger partial charge in [-0.1, -0.05) is 0 Å². The van der Waals surface area contributed by atoms with Crippen molar-refractivity contribution in [2.45, 2.75) is 13.8 Å². The summed E-state index contributed by atoms with van der Waals surface area (Å²) in [6.07, 6.45) is 3.71. The summed E-state index contributed by atoms with van der Waals surface area (Å²) >= 11 is 3.34. The number of aromatic nitrogens is 2.